The summed E-state index contributed by atoms with van der Waals surface area (Å²) in [5.41, 5.74) is 6.51. The van der Waals surface area contributed by atoms with Crippen LogP contribution in [0.15, 0.2) is 60.7 Å². The van der Waals surface area contributed by atoms with E-state index in [-0.39, 0.29) is 18.9 Å². The third-order valence-electron chi connectivity index (χ3n) is 6.06. The van der Waals surface area contributed by atoms with E-state index < -0.39 is 8.07 Å². The second-order valence-electron chi connectivity index (χ2n) is 8.35. The zero-order valence-corrected chi connectivity index (χ0v) is 17.9. The van der Waals surface area contributed by atoms with Gasteiger partial charge < -0.3 is 0 Å². The van der Waals surface area contributed by atoms with Crippen LogP contribution in [0.5, 0.6) is 0 Å². The molecule has 3 aromatic rings. The number of hydrogen-bond donors (Lipinski definition) is 0. The molecule has 1 unspecified atom stereocenters. The molecule has 1 atom stereocenters. The molecule has 0 radical (unpaired) electrons. The van der Waals surface area contributed by atoms with E-state index in [9.17, 15) is 0 Å². The molecule has 2 heteroatoms. The van der Waals surface area contributed by atoms with Crippen molar-refractivity contribution in [2.24, 2.45) is 0 Å². The van der Waals surface area contributed by atoms with Crippen molar-refractivity contribution in [3.63, 3.8) is 0 Å². The Kier molecular flexibility index (Phi) is 5.19. The van der Waals surface area contributed by atoms with Crippen molar-refractivity contribution >= 4 is 29.6 Å². The van der Waals surface area contributed by atoms with Crippen molar-refractivity contribution < 1.29 is 18.9 Å². The van der Waals surface area contributed by atoms with E-state index in [2.05, 4.69) is 94.5 Å². The third-order valence-corrected chi connectivity index (χ3v) is 9.89. The van der Waals surface area contributed by atoms with Crippen LogP contribution in [-0.4, -0.2) is 8.07 Å². The normalized spacial score (nSPS) is 16.5. The van der Waals surface area contributed by atoms with Gasteiger partial charge >= 0.3 is 18.9 Å². The van der Waals surface area contributed by atoms with Gasteiger partial charge in [-0.15, -0.1) is 40.2 Å². The van der Waals surface area contributed by atoms with Gasteiger partial charge in [0.1, 0.15) is 0 Å². The fraction of sp³-hybridized carbons (Fsp3) is 0.292. The van der Waals surface area contributed by atoms with Gasteiger partial charge in [0, 0.05) is 8.07 Å². The van der Waals surface area contributed by atoms with Gasteiger partial charge in [-0.3, -0.25) is 0 Å². The molecule has 0 saturated carbocycles. The molecule has 128 valence electrons. The SMILES string of the molecule is CC1=CC([Si](C)(C)[c-]2cc(C(C)C)c3ccccc32)c2ccccc21.[Li+]. The maximum absolute atomic E-state index is 2.55. The van der Waals surface area contributed by atoms with Gasteiger partial charge in [0.05, 0.1) is 0 Å². The number of allylic oxidation sites excluding steroid dienone is 2. The first kappa shape index (κ1) is 19.4. The molecule has 26 heavy (non-hydrogen) atoms. The molecule has 1 aliphatic carbocycles. The standard InChI is InChI=1S/C24H27Si.Li/c1-16(2)22-15-24(21-13-9-7-11-19(21)22)25(4,5)23-14-17(3)18-10-6-8-12-20(18)23;/h6-16,23H,1-5H3;/q-1;+1. The largest absolute Gasteiger partial charge is 1.00 e. The summed E-state index contributed by atoms with van der Waals surface area (Å²) >= 11 is 0. The van der Waals surface area contributed by atoms with Crippen molar-refractivity contribution in [3.05, 3.63) is 77.4 Å². The molecule has 0 aromatic heterocycles. The van der Waals surface area contributed by atoms with Crippen molar-refractivity contribution in [2.75, 3.05) is 0 Å². The molecule has 0 bridgehead atoms. The first-order valence-electron chi connectivity index (χ1n) is 9.37. The van der Waals surface area contributed by atoms with Crippen LogP contribution in [0.25, 0.3) is 16.3 Å². The van der Waals surface area contributed by atoms with Gasteiger partial charge in [-0.25, -0.2) is 0 Å². The molecule has 3 aromatic carbocycles. The quantitative estimate of drug-likeness (QED) is 0.502. The molecule has 4 rings (SSSR count). The van der Waals surface area contributed by atoms with E-state index in [0.717, 1.165) is 0 Å². The summed E-state index contributed by atoms with van der Waals surface area (Å²) in [5.74, 6) is 0.566. The van der Waals surface area contributed by atoms with E-state index in [1.165, 1.54) is 33.0 Å². The number of benzene rings is 2. The Hall–Kier alpha value is -1.40. The number of hydrogen-bond acceptors (Lipinski definition) is 0. The Morgan fingerprint density at radius 2 is 1.62 bits per heavy atom. The van der Waals surface area contributed by atoms with Gasteiger partial charge in [0.2, 0.25) is 0 Å². The van der Waals surface area contributed by atoms with Crippen LogP contribution in [0.2, 0.25) is 13.1 Å². The molecule has 0 nitrogen and oxygen atoms in total. The Labute approximate surface area is 170 Å². The summed E-state index contributed by atoms with van der Waals surface area (Å²) in [6.07, 6.45) is 2.54. The zero-order chi connectivity index (χ0) is 17.8. The second kappa shape index (κ2) is 6.97. The first-order chi connectivity index (χ1) is 11.9. The molecule has 0 aliphatic heterocycles. The fourth-order valence-electron chi connectivity index (χ4n) is 4.61. The smallest absolute Gasteiger partial charge is 0.151 e. The summed E-state index contributed by atoms with van der Waals surface area (Å²) in [6.45, 7) is 12.0. The summed E-state index contributed by atoms with van der Waals surface area (Å²) in [6, 6.07) is 20.6. The second-order valence-corrected chi connectivity index (χ2v) is 13.0. The Balaban J connectivity index is 0.00000196. The molecule has 0 amide bonds. The van der Waals surface area contributed by atoms with E-state index in [4.69, 9.17) is 0 Å². The minimum absolute atomic E-state index is 0. The van der Waals surface area contributed by atoms with E-state index in [1.54, 1.807) is 5.19 Å². The zero-order valence-electron chi connectivity index (χ0n) is 16.9. The minimum atomic E-state index is -1.71. The van der Waals surface area contributed by atoms with Crippen LogP contribution in [0, 0.1) is 0 Å². The Morgan fingerprint density at radius 1 is 0.962 bits per heavy atom. The molecule has 0 N–H and O–H groups in total. The summed E-state index contributed by atoms with van der Waals surface area (Å²) in [5, 5.41) is 4.57. The molecule has 1 aliphatic rings. The van der Waals surface area contributed by atoms with Crippen LogP contribution in [0.1, 0.15) is 48.9 Å². The Morgan fingerprint density at radius 3 is 2.35 bits per heavy atom. The van der Waals surface area contributed by atoms with Crippen LogP contribution in [0.4, 0.5) is 0 Å². The number of fused-ring (bicyclic) bond motifs is 2. The Bertz CT molecular complexity index is 975. The molecule has 0 spiro atoms. The van der Waals surface area contributed by atoms with Gasteiger partial charge in [-0.1, -0.05) is 69.3 Å². The maximum atomic E-state index is 2.55. The topological polar surface area (TPSA) is 0 Å². The van der Waals surface area contributed by atoms with Gasteiger partial charge in [-0.2, -0.15) is 5.56 Å². The maximum Gasteiger partial charge on any atom is 1.00 e. The van der Waals surface area contributed by atoms with Crippen LogP contribution >= 0.6 is 0 Å². The molecule has 0 saturated heterocycles. The summed E-state index contributed by atoms with van der Waals surface area (Å²) < 4.78 is 0. The van der Waals surface area contributed by atoms with Gasteiger partial charge in [0.15, 0.2) is 0 Å². The molecule has 0 heterocycles. The van der Waals surface area contributed by atoms with Crippen LogP contribution in [0.3, 0.4) is 0 Å². The fourth-order valence-corrected chi connectivity index (χ4v) is 8.08. The van der Waals surface area contributed by atoms with Gasteiger partial charge in [0.25, 0.3) is 0 Å². The molecular formula is C24H27LiSi. The van der Waals surface area contributed by atoms with Gasteiger partial charge in [-0.05, 0) is 29.2 Å². The number of rotatable bonds is 3. The summed E-state index contributed by atoms with van der Waals surface area (Å²) in [4.78, 5) is 0. The van der Waals surface area contributed by atoms with E-state index in [0.29, 0.717) is 11.5 Å². The predicted molar refractivity (Wildman–Crippen MR) is 114 cm³/mol. The van der Waals surface area contributed by atoms with E-state index >= 15 is 0 Å². The summed E-state index contributed by atoms with van der Waals surface area (Å²) in [7, 11) is -1.71. The van der Waals surface area contributed by atoms with E-state index in [1.807, 2.05) is 0 Å². The van der Waals surface area contributed by atoms with Crippen molar-refractivity contribution in [1.82, 2.24) is 0 Å². The predicted octanol–water partition coefficient (Wildman–Crippen LogP) is 3.34. The monoisotopic (exact) mass is 350 g/mol. The van der Waals surface area contributed by atoms with Crippen molar-refractivity contribution in [2.45, 2.75) is 45.3 Å². The minimum Gasteiger partial charge on any atom is -0.151 e. The van der Waals surface area contributed by atoms with Crippen LogP contribution in [-0.2, 0) is 0 Å². The van der Waals surface area contributed by atoms with Crippen molar-refractivity contribution in [3.8, 4) is 0 Å². The molecular weight excluding hydrogens is 323 g/mol. The molecule has 0 fully saturated rings. The third kappa shape index (κ3) is 2.87. The average Bonchev–Trinajstić information content (AvgIpc) is 3.15. The van der Waals surface area contributed by atoms with Crippen LogP contribution < -0.4 is 24.0 Å². The average molecular weight is 351 g/mol. The first-order valence-corrected chi connectivity index (χ1v) is 12.5. The van der Waals surface area contributed by atoms with Crippen molar-refractivity contribution in [1.29, 1.82) is 0 Å².